The molecule has 4 nitrogen and oxygen atoms in total. The number of para-hydroxylation sites is 1. The normalized spacial score (nSPS) is 9.77. The van der Waals surface area contributed by atoms with Gasteiger partial charge < -0.3 is 20.4 Å². The minimum Gasteiger partial charge on any atom is -0.872 e. The molecule has 0 aliphatic carbocycles. The van der Waals surface area contributed by atoms with E-state index < -0.39 is 18.3 Å². The minimum absolute atomic E-state index is 0. The van der Waals surface area contributed by atoms with Crippen molar-refractivity contribution in [3.8, 4) is 5.75 Å². The van der Waals surface area contributed by atoms with Gasteiger partial charge in [0, 0.05) is 0 Å². The maximum atomic E-state index is 11.9. The molecule has 0 fully saturated rings. The fraction of sp³-hybridized carbons (Fsp3) is 0.714. The molecule has 1 aromatic rings. The first-order valence-electron chi connectivity index (χ1n) is 9.01. The molecule has 0 radical (unpaired) electrons. The molecule has 0 amide bonds. The van der Waals surface area contributed by atoms with E-state index in [9.17, 15) is 20.4 Å². The van der Waals surface area contributed by atoms with Crippen LogP contribution in [0.3, 0.4) is 0 Å². The molecule has 0 heterocycles. The Hall–Kier alpha value is -0.386. The van der Waals surface area contributed by atoms with Gasteiger partial charge in [-0.1, -0.05) is 98.6 Å². The van der Waals surface area contributed by atoms with Gasteiger partial charge in [-0.25, -0.2) is 0 Å². The quantitative estimate of drug-likeness (QED) is 0.710. The Morgan fingerprint density at radius 2 is 0.769 bits per heavy atom. The molecule has 0 aromatic heterocycles. The van der Waals surface area contributed by atoms with Crippen molar-refractivity contribution in [2.45, 2.75) is 99.4 Å². The Labute approximate surface area is 176 Å². The summed E-state index contributed by atoms with van der Waals surface area (Å²) < 4.78 is 0. The fourth-order valence-corrected chi connectivity index (χ4v) is 1.48. The number of hydrogen-bond donors (Lipinski definition) is 0. The fourth-order valence-electron chi connectivity index (χ4n) is 1.48. The molecule has 0 unspecified atom stereocenters. The van der Waals surface area contributed by atoms with Crippen molar-refractivity contribution in [2.24, 2.45) is 0 Å². The Bertz CT molecular complexity index is 368. The van der Waals surface area contributed by atoms with Crippen molar-refractivity contribution >= 4 is 0 Å². The van der Waals surface area contributed by atoms with Crippen molar-refractivity contribution < 1.29 is 42.1 Å². The van der Waals surface area contributed by atoms with E-state index in [1.54, 1.807) is 41.5 Å². The molecule has 1 aromatic carbocycles. The summed E-state index contributed by atoms with van der Waals surface area (Å²) in [4.78, 5) is 0. The van der Waals surface area contributed by atoms with Crippen LogP contribution in [0.15, 0.2) is 18.2 Å². The van der Waals surface area contributed by atoms with Gasteiger partial charge in [0.25, 0.3) is 0 Å². The zero-order chi connectivity index (χ0) is 20.7. The Morgan fingerprint density at radius 3 is 0.923 bits per heavy atom. The Balaban J connectivity index is -0.000000155. The molecular formula is C21H38O4Ti. The summed E-state index contributed by atoms with van der Waals surface area (Å²) in [5.74, 6) is 0.880. The Morgan fingerprint density at radius 1 is 0.577 bits per heavy atom. The first kappa shape index (κ1) is 33.2. The van der Waals surface area contributed by atoms with E-state index >= 15 is 0 Å². The summed E-state index contributed by atoms with van der Waals surface area (Å²) >= 11 is 0. The second kappa shape index (κ2) is 19.4. The van der Waals surface area contributed by atoms with Crippen LogP contribution in [0.5, 0.6) is 5.75 Å². The van der Waals surface area contributed by atoms with Gasteiger partial charge in [0.1, 0.15) is 0 Å². The maximum absolute atomic E-state index is 11.9. The van der Waals surface area contributed by atoms with Gasteiger partial charge >= 0.3 is 21.7 Å². The van der Waals surface area contributed by atoms with E-state index in [4.69, 9.17) is 0 Å². The first-order valence-corrected chi connectivity index (χ1v) is 9.01. The van der Waals surface area contributed by atoms with Crippen LogP contribution >= 0.6 is 0 Å². The van der Waals surface area contributed by atoms with Crippen molar-refractivity contribution in [1.82, 2.24) is 0 Å². The van der Waals surface area contributed by atoms with E-state index in [1.807, 2.05) is 18.2 Å². The number of hydrogen-bond acceptors (Lipinski definition) is 4. The monoisotopic (exact) mass is 402 g/mol. The van der Waals surface area contributed by atoms with Crippen LogP contribution in [0.4, 0.5) is 0 Å². The van der Waals surface area contributed by atoms with Crippen LogP contribution in [-0.4, -0.2) is 18.3 Å². The van der Waals surface area contributed by atoms with E-state index in [2.05, 4.69) is 27.7 Å². The zero-order valence-corrected chi connectivity index (χ0v) is 19.8. The van der Waals surface area contributed by atoms with Gasteiger partial charge in [0.05, 0.1) is 0 Å². The maximum Gasteiger partial charge on any atom is 4.00 e. The van der Waals surface area contributed by atoms with Gasteiger partial charge in [0.15, 0.2) is 0 Å². The third-order valence-electron chi connectivity index (χ3n) is 2.32. The third kappa shape index (κ3) is 25.8. The average Bonchev–Trinajstić information content (AvgIpc) is 2.35. The van der Waals surface area contributed by atoms with Crippen LogP contribution in [0, 0.1) is 0 Å². The van der Waals surface area contributed by atoms with Gasteiger partial charge in [-0.05, 0) is 11.8 Å². The molecule has 0 aliphatic heterocycles. The van der Waals surface area contributed by atoms with E-state index in [1.165, 1.54) is 0 Å². The van der Waals surface area contributed by atoms with Crippen LogP contribution in [0.25, 0.3) is 0 Å². The topological polar surface area (TPSA) is 92.2 Å². The van der Waals surface area contributed by atoms with Gasteiger partial charge in [-0.3, -0.25) is 0 Å². The zero-order valence-electron chi connectivity index (χ0n) is 18.3. The smallest absolute Gasteiger partial charge is 0.872 e. The summed E-state index contributed by atoms with van der Waals surface area (Å²) in [7, 11) is 0. The number of rotatable bonds is 2. The average molecular weight is 402 g/mol. The largest absolute Gasteiger partial charge is 4.00 e. The SMILES string of the molecule is CC(C)[O-].CC(C)[O-].CC(C)[O-].CC(C)c1cccc(C(C)C)c1[O-].[Ti+4]. The van der Waals surface area contributed by atoms with Crippen molar-refractivity contribution in [1.29, 1.82) is 0 Å². The van der Waals surface area contributed by atoms with Crippen molar-refractivity contribution in [2.75, 3.05) is 0 Å². The van der Waals surface area contributed by atoms with Crippen molar-refractivity contribution in [3.63, 3.8) is 0 Å². The summed E-state index contributed by atoms with van der Waals surface area (Å²) in [6.07, 6.45) is -1.25. The summed E-state index contributed by atoms with van der Waals surface area (Å²) in [6.45, 7) is 17.9. The van der Waals surface area contributed by atoms with Crippen LogP contribution < -0.4 is 20.4 Å². The Kier molecular flexibility index (Phi) is 24.8. The predicted octanol–water partition coefficient (Wildman–Crippen LogP) is 2.27. The molecule has 0 bridgehead atoms. The second-order valence-corrected chi connectivity index (χ2v) is 7.22. The van der Waals surface area contributed by atoms with E-state index in [0.717, 1.165) is 11.1 Å². The molecule has 0 N–H and O–H groups in total. The molecule has 5 heteroatoms. The van der Waals surface area contributed by atoms with Crippen LogP contribution in [-0.2, 0) is 21.7 Å². The molecule has 0 aliphatic rings. The molecule has 0 spiro atoms. The summed E-state index contributed by atoms with van der Waals surface area (Å²) in [5, 5.41) is 40.4. The molecule has 1 rings (SSSR count). The van der Waals surface area contributed by atoms with Crippen LogP contribution in [0.1, 0.15) is 92.2 Å². The predicted molar refractivity (Wildman–Crippen MR) is 99.5 cm³/mol. The van der Waals surface area contributed by atoms with Crippen molar-refractivity contribution in [3.05, 3.63) is 29.3 Å². The third-order valence-corrected chi connectivity index (χ3v) is 2.32. The van der Waals surface area contributed by atoms with Gasteiger partial charge in [0.2, 0.25) is 0 Å². The molecule has 150 valence electrons. The standard InChI is InChI=1S/C12H18O.3C3H7O.Ti/c1-8(2)10-6-5-7-11(9(3)4)12(10)13;3*1-3(2)4;/h5-9,13H,1-4H3;3*3H,1-2H3;/q;3*-1;+4/p-1. The van der Waals surface area contributed by atoms with E-state index in [0.29, 0.717) is 11.8 Å². The molecule has 0 saturated heterocycles. The summed E-state index contributed by atoms with van der Waals surface area (Å²) in [5.41, 5.74) is 1.87. The minimum atomic E-state index is -0.417. The number of benzene rings is 1. The molecular weight excluding hydrogens is 364 g/mol. The second-order valence-electron chi connectivity index (χ2n) is 7.22. The van der Waals surface area contributed by atoms with Crippen LogP contribution in [0.2, 0.25) is 0 Å². The molecule has 0 atom stereocenters. The van der Waals surface area contributed by atoms with Gasteiger partial charge in [-0.15, -0.1) is 24.1 Å². The molecule has 0 saturated carbocycles. The van der Waals surface area contributed by atoms with Gasteiger partial charge in [-0.2, -0.15) is 0 Å². The molecule has 26 heavy (non-hydrogen) atoms. The van der Waals surface area contributed by atoms with E-state index in [-0.39, 0.29) is 27.5 Å². The first-order chi connectivity index (χ1) is 11.2. The summed E-state index contributed by atoms with van der Waals surface area (Å²) in [6, 6.07) is 5.84.